The van der Waals surface area contributed by atoms with Crippen LogP contribution in [0.1, 0.15) is 0 Å². The summed E-state index contributed by atoms with van der Waals surface area (Å²) in [5, 5.41) is 11.1. The van der Waals surface area contributed by atoms with Gasteiger partial charge in [-0.15, -0.1) is 0 Å². The Bertz CT molecular complexity index is 834. The second-order valence-electron chi connectivity index (χ2n) is 4.91. The molecule has 0 bridgehead atoms. The van der Waals surface area contributed by atoms with E-state index in [9.17, 15) is 4.79 Å². The Balaban J connectivity index is 1.70. The van der Waals surface area contributed by atoms with Gasteiger partial charge in [-0.3, -0.25) is 4.79 Å². The van der Waals surface area contributed by atoms with Crippen molar-refractivity contribution in [2.24, 2.45) is 0 Å². The van der Waals surface area contributed by atoms with Gasteiger partial charge in [0.1, 0.15) is 12.7 Å². The van der Waals surface area contributed by atoms with E-state index in [0.717, 1.165) is 5.69 Å². The average Bonchev–Trinajstić information content (AvgIpc) is 3.09. The monoisotopic (exact) mass is 361 g/mol. The first kappa shape index (κ1) is 16.3. The maximum Gasteiger partial charge on any atom is 0.243 e. The Kier molecular flexibility index (Phi) is 4.98. The number of nitrogens with zero attached hydrogens (tertiary/aromatic N) is 3. The van der Waals surface area contributed by atoms with E-state index in [1.165, 1.54) is 6.33 Å². The molecule has 0 fully saturated rings. The first-order valence-corrected chi connectivity index (χ1v) is 7.81. The highest BCUT2D eigenvalue weighted by atomic mass is 35.5. The van der Waals surface area contributed by atoms with Crippen molar-refractivity contribution in [3.8, 4) is 5.69 Å². The predicted octanol–water partition coefficient (Wildman–Crippen LogP) is 3.62. The molecule has 0 aliphatic carbocycles. The zero-order valence-corrected chi connectivity index (χ0v) is 13.9. The lowest BCUT2D eigenvalue weighted by Gasteiger charge is -2.12. The number of hydrogen-bond donors (Lipinski definition) is 2. The molecule has 1 heterocycles. The molecule has 0 saturated carbocycles. The zero-order chi connectivity index (χ0) is 16.9. The van der Waals surface area contributed by atoms with Crippen molar-refractivity contribution in [3.05, 3.63) is 65.2 Å². The van der Waals surface area contributed by atoms with Crippen molar-refractivity contribution < 1.29 is 4.79 Å². The molecule has 24 heavy (non-hydrogen) atoms. The van der Waals surface area contributed by atoms with Gasteiger partial charge in [0.2, 0.25) is 5.91 Å². The van der Waals surface area contributed by atoms with Crippen molar-refractivity contribution in [2.75, 3.05) is 17.2 Å². The summed E-state index contributed by atoms with van der Waals surface area (Å²) >= 11 is 11.9. The van der Waals surface area contributed by atoms with Gasteiger partial charge in [0.25, 0.3) is 0 Å². The number of halogens is 2. The Morgan fingerprint density at radius 3 is 2.54 bits per heavy atom. The van der Waals surface area contributed by atoms with Gasteiger partial charge in [-0.1, -0.05) is 23.2 Å². The molecule has 0 unspecified atom stereocenters. The van der Waals surface area contributed by atoms with Crippen LogP contribution in [0.4, 0.5) is 11.4 Å². The second kappa shape index (κ2) is 7.33. The highest BCUT2D eigenvalue weighted by Gasteiger charge is 2.10. The van der Waals surface area contributed by atoms with E-state index < -0.39 is 0 Å². The number of rotatable bonds is 5. The minimum atomic E-state index is -0.214. The fourth-order valence-electron chi connectivity index (χ4n) is 2.09. The Morgan fingerprint density at radius 1 is 1.08 bits per heavy atom. The third kappa shape index (κ3) is 4.04. The van der Waals surface area contributed by atoms with E-state index in [-0.39, 0.29) is 12.5 Å². The van der Waals surface area contributed by atoms with Crippen LogP contribution in [0.2, 0.25) is 10.0 Å². The topological polar surface area (TPSA) is 71.8 Å². The van der Waals surface area contributed by atoms with Gasteiger partial charge in [0.15, 0.2) is 0 Å². The van der Waals surface area contributed by atoms with Crippen LogP contribution in [-0.4, -0.2) is 27.2 Å². The van der Waals surface area contributed by atoms with Crippen LogP contribution in [0, 0.1) is 0 Å². The van der Waals surface area contributed by atoms with E-state index in [1.807, 2.05) is 0 Å². The van der Waals surface area contributed by atoms with Crippen LogP contribution in [0.15, 0.2) is 55.1 Å². The van der Waals surface area contributed by atoms with E-state index >= 15 is 0 Å². The molecule has 2 N–H and O–H groups in total. The number of hydrogen-bond acceptors (Lipinski definition) is 4. The number of amides is 1. The first-order chi connectivity index (χ1) is 11.6. The summed E-state index contributed by atoms with van der Waals surface area (Å²) in [6.07, 6.45) is 2.97. The van der Waals surface area contributed by atoms with Crippen molar-refractivity contribution >= 4 is 40.5 Å². The van der Waals surface area contributed by atoms with Crippen LogP contribution >= 0.6 is 23.2 Å². The molecule has 2 aromatic carbocycles. The molecule has 0 spiro atoms. The Labute approximate surface area is 148 Å². The number of carbonyl (C=O) groups excluding carboxylic acids is 1. The van der Waals surface area contributed by atoms with Gasteiger partial charge in [-0.05, 0) is 42.5 Å². The van der Waals surface area contributed by atoms with Crippen LogP contribution < -0.4 is 10.6 Å². The van der Waals surface area contributed by atoms with Crippen molar-refractivity contribution in [3.63, 3.8) is 0 Å². The molecule has 3 rings (SSSR count). The Hall–Kier alpha value is -2.57. The molecule has 6 nitrogen and oxygen atoms in total. The quantitative estimate of drug-likeness (QED) is 0.727. The summed E-state index contributed by atoms with van der Waals surface area (Å²) in [6.45, 7) is 0.102. The van der Waals surface area contributed by atoms with Crippen molar-refractivity contribution in [1.29, 1.82) is 0 Å². The Morgan fingerprint density at radius 2 is 1.83 bits per heavy atom. The summed E-state index contributed by atoms with van der Waals surface area (Å²) < 4.78 is 1.55. The minimum absolute atomic E-state index is 0.102. The molecule has 122 valence electrons. The van der Waals surface area contributed by atoms with Gasteiger partial charge < -0.3 is 10.6 Å². The van der Waals surface area contributed by atoms with Crippen LogP contribution in [0.25, 0.3) is 5.69 Å². The number of aromatic nitrogens is 3. The van der Waals surface area contributed by atoms with Crippen molar-refractivity contribution in [1.82, 2.24) is 14.8 Å². The van der Waals surface area contributed by atoms with Crippen LogP contribution in [-0.2, 0) is 4.79 Å². The smallest absolute Gasteiger partial charge is 0.243 e. The third-order valence-electron chi connectivity index (χ3n) is 3.20. The molecule has 0 aliphatic rings. The van der Waals surface area contributed by atoms with E-state index in [0.29, 0.717) is 21.4 Å². The van der Waals surface area contributed by atoms with Gasteiger partial charge >= 0.3 is 0 Å². The summed E-state index contributed by atoms with van der Waals surface area (Å²) in [4.78, 5) is 16.1. The maximum atomic E-state index is 12.2. The number of anilines is 2. The largest absolute Gasteiger partial charge is 0.376 e. The average molecular weight is 362 g/mol. The molecule has 0 atom stereocenters. The van der Waals surface area contributed by atoms with E-state index in [1.54, 1.807) is 53.5 Å². The highest BCUT2D eigenvalue weighted by Crippen LogP contribution is 2.24. The SMILES string of the molecule is O=C(CNc1ccc(Cl)cc1)Nc1cc(Cl)ccc1-n1cncn1. The molecular weight excluding hydrogens is 349 g/mol. The normalized spacial score (nSPS) is 10.4. The number of carbonyl (C=O) groups is 1. The lowest BCUT2D eigenvalue weighted by Crippen LogP contribution is -2.22. The molecule has 1 aromatic heterocycles. The third-order valence-corrected chi connectivity index (χ3v) is 3.68. The summed E-state index contributed by atoms with van der Waals surface area (Å²) in [5.41, 5.74) is 2.03. The fourth-order valence-corrected chi connectivity index (χ4v) is 2.38. The van der Waals surface area contributed by atoms with E-state index in [2.05, 4.69) is 20.7 Å². The van der Waals surface area contributed by atoms with E-state index in [4.69, 9.17) is 23.2 Å². The molecule has 0 radical (unpaired) electrons. The second-order valence-corrected chi connectivity index (χ2v) is 5.78. The molecular formula is C16H13Cl2N5O. The maximum absolute atomic E-state index is 12.2. The van der Waals surface area contributed by atoms with Crippen LogP contribution in [0.5, 0.6) is 0 Å². The molecule has 3 aromatic rings. The molecule has 0 aliphatic heterocycles. The standard InChI is InChI=1S/C16H13Cl2N5O/c17-11-1-4-13(5-2-11)20-8-16(24)22-14-7-12(18)3-6-15(14)23-10-19-9-21-23/h1-7,9-10,20H,8H2,(H,22,24). The lowest BCUT2D eigenvalue weighted by molar-refractivity contribution is -0.114. The number of nitrogens with one attached hydrogen (secondary N) is 2. The minimum Gasteiger partial charge on any atom is -0.376 e. The summed E-state index contributed by atoms with van der Waals surface area (Å²) in [6, 6.07) is 12.3. The van der Waals surface area contributed by atoms with Gasteiger partial charge in [-0.25, -0.2) is 9.67 Å². The summed E-state index contributed by atoms with van der Waals surface area (Å²) in [5.74, 6) is -0.214. The van der Waals surface area contributed by atoms with Crippen LogP contribution in [0.3, 0.4) is 0 Å². The zero-order valence-electron chi connectivity index (χ0n) is 12.4. The van der Waals surface area contributed by atoms with Gasteiger partial charge in [0, 0.05) is 15.7 Å². The predicted molar refractivity (Wildman–Crippen MR) is 94.9 cm³/mol. The van der Waals surface area contributed by atoms with Gasteiger partial charge in [-0.2, -0.15) is 5.10 Å². The lowest BCUT2D eigenvalue weighted by atomic mass is 10.2. The molecule has 8 heteroatoms. The first-order valence-electron chi connectivity index (χ1n) is 7.05. The molecule has 0 saturated heterocycles. The fraction of sp³-hybridized carbons (Fsp3) is 0.0625. The summed E-state index contributed by atoms with van der Waals surface area (Å²) in [7, 11) is 0. The number of benzene rings is 2. The molecule has 1 amide bonds. The van der Waals surface area contributed by atoms with Gasteiger partial charge in [0.05, 0.1) is 17.9 Å². The van der Waals surface area contributed by atoms with Crippen molar-refractivity contribution in [2.45, 2.75) is 0 Å². The highest BCUT2D eigenvalue weighted by molar-refractivity contribution is 6.31.